The summed E-state index contributed by atoms with van der Waals surface area (Å²) < 4.78 is 6.54. The van der Waals surface area contributed by atoms with Gasteiger partial charge in [-0.05, 0) is 25.0 Å². The van der Waals surface area contributed by atoms with Gasteiger partial charge in [-0.2, -0.15) is 4.98 Å². The topological polar surface area (TPSA) is 103 Å². The van der Waals surface area contributed by atoms with Gasteiger partial charge in [0, 0.05) is 6.92 Å². The lowest BCUT2D eigenvalue weighted by atomic mass is 9.96. The second-order valence-corrected chi connectivity index (χ2v) is 6.65. The summed E-state index contributed by atoms with van der Waals surface area (Å²) in [6, 6.07) is 7.25. The van der Waals surface area contributed by atoms with E-state index in [4.69, 9.17) is 4.52 Å². The van der Waals surface area contributed by atoms with Crippen LogP contribution in [-0.4, -0.2) is 25.6 Å². The minimum atomic E-state index is -0.624. The van der Waals surface area contributed by atoms with Gasteiger partial charge in [-0.25, -0.2) is 4.98 Å². The third-order valence-electron chi connectivity index (χ3n) is 4.85. The van der Waals surface area contributed by atoms with Gasteiger partial charge in [0.15, 0.2) is 5.82 Å². The largest absolute Gasteiger partial charge is 0.342 e. The Hall–Kier alpha value is -3.03. The Balaban J connectivity index is 1.63. The fourth-order valence-corrected chi connectivity index (χ4v) is 3.60. The number of aryl methyl sites for hydroxylation is 1. The first-order chi connectivity index (χ1) is 12.6. The third kappa shape index (κ3) is 2.87. The molecule has 0 radical (unpaired) electrons. The molecule has 1 aromatic carbocycles. The summed E-state index contributed by atoms with van der Waals surface area (Å²) in [6.07, 6.45) is 4.70. The fraction of sp³-hybridized carbons (Fsp3) is 0.389. The predicted octanol–water partition coefficient (Wildman–Crippen LogP) is 1.67. The van der Waals surface area contributed by atoms with Crippen LogP contribution in [-0.2, 0) is 16.9 Å². The van der Waals surface area contributed by atoms with E-state index in [-0.39, 0.29) is 18.0 Å². The minimum Gasteiger partial charge on any atom is -0.342 e. The van der Waals surface area contributed by atoms with Crippen LogP contribution in [0, 0.1) is 6.92 Å². The summed E-state index contributed by atoms with van der Waals surface area (Å²) in [4.78, 5) is 33.5. The van der Waals surface area contributed by atoms with Crippen molar-refractivity contribution in [1.82, 2.24) is 25.0 Å². The van der Waals surface area contributed by atoms with Gasteiger partial charge in [0.2, 0.25) is 11.8 Å². The SMILES string of the molecule is Cc1nc(C2(NC(=O)Cn3c(=O)cnc4ccccc43)CCCC2)no1. The van der Waals surface area contributed by atoms with Gasteiger partial charge in [-0.15, -0.1) is 0 Å². The number of carbonyl (C=O) groups is 1. The highest BCUT2D eigenvalue weighted by Crippen LogP contribution is 2.37. The number of aromatic nitrogens is 4. The van der Waals surface area contributed by atoms with Crippen molar-refractivity contribution in [3.05, 3.63) is 52.5 Å². The number of carbonyl (C=O) groups excluding carboxylic acids is 1. The average Bonchev–Trinajstić information content (AvgIpc) is 3.27. The molecule has 0 unspecified atom stereocenters. The second-order valence-electron chi connectivity index (χ2n) is 6.65. The number of nitrogens with zero attached hydrogens (tertiary/aromatic N) is 4. The number of para-hydroxylation sites is 2. The van der Waals surface area contributed by atoms with Gasteiger partial charge in [0.25, 0.3) is 5.56 Å². The van der Waals surface area contributed by atoms with Crippen molar-refractivity contribution >= 4 is 16.9 Å². The highest BCUT2D eigenvalue weighted by atomic mass is 16.5. The highest BCUT2D eigenvalue weighted by Gasteiger charge is 2.41. The number of nitrogens with one attached hydrogen (secondary N) is 1. The van der Waals surface area contributed by atoms with Crippen molar-refractivity contribution in [1.29, 1.82) is 0 Å². The molecule has 1 fully saturated rings. The lowest BCUT2D eigenvalue weighted by Gasteiger charge is -2.27. The zero-order chi connectivity index (χ0) is 18.1. The zero-order valence-corrected chi connectivity index (χ0v) is 14.4. The molecule has 2 heterocycles. The van der Waals surface area contributed by atoms with Gasteiger partial charge in [0.05, 0.1) is 17.2 Å². The molecule has 0 atom stereocenters. The normalized spacial score (nSPS) is 16.0. The summed E-state index contributed by atoms with van der Waals surface area (Å²) in [7, 11) is 0. The van der Waals surface area contributed by atoms with E-state index in [1.807, 2.05) is 18.2 Å². The van der Waals surface area contributed by atoms with Crippen molar-refractivity contribution in [2.45, 2.75) is 44.7 Å². The smallest absolute Gasteiger partial charge is 0.269 e. The van der Waals surface area contributed by atoms with Crippen LogP contribution in [0.4, 0.5) is 0 Å². The number of rotatable bonds is 4. The summed E-state index contributed by atoms with van der Waals surface area (Å²) >= 11 is 0. The van der Waals surface area contributed by atoms with Crippen molar-refractivity contribution < 1.29 is 9.32 Å². The Kier molecular flexibility index (Phi) is 4.02. The Morgan fingerprint density at radius 1 is 1.31 bits per heavy atom. The van der Waals surface area contributed by atoms with E-state index >= 15 is 0 Å². The summed E-state index contributed by atoms with van der Waals surface area (Å²) in [6.45, 7) is 1.64. The average molecular weight is 353 g/mol. The number of hydrogen-bond donors (Lipinski definition) is 1. The predicted molar refractivity (Wildman–Crippen MR) is 93.3 cm³/mol. The van der Waals surface area contributed by atoms with E-state index in [9.17, 15) is 9.59 Å². The van der Waals surface area contributed by atoms with E-state index in [0.29, 0.717) is 22.7 Å². The molecule has 1 amide bonds. The molecule has 8 heteroatoms. The van der Waals surface area contributed by atoms with E-state index in [1.54, 1.807) is 13.0 Å². The van der Waals surface area contributed by atoms with Crippen LogP contribution in [0.5, 0.6) is 0 Å². The first kappa shape index (κ1) is 16.4. The molecule has 134 valence electrons. The zero-order valence-electron chi connectivity index (χ0n) is 14.4. The molecule has 4 rings (SSSR count). The van der Waals surface area contributed by atoms with Gasteiger partial charge >= 0.3 is 0 Å². The minimum absolute atomic E-state index is 0.0829. The van der Waals surface area contributed by atoms with Crippen LogP contribution in [0.15, 0.2) is 39.8 Å². The third-order valence-corrected chi connectivity index (χ3v) is 4.85. The molecule has 0 aliphatic heterocycles. The first-order valence-corrected chi connectivity index (χ1v) is 8.64. The van der Waals surface area contributed by atoms with E-state index < -0.39 is 5.54 Å². The van der Waals surface area contributed by atoms with Gasteiger partial charge < -0.3 is 9.84 Å². The van der Waals surface area contributed by atoms with Crippen molar-refractivity contribution in [3.63, 3.8) is 0 Å². The van der Waals surface area contributed by atoms with Crippen molar-refractivity contribution in [2.24, 2.45) is 0 Å². The Morgan fingerprint density at radius 3 is 2.81 bits per heavy atom. The quantitative estimate of drug-likeness (QED) is 0.765. The number of hydrogen-bond acceptors (Lipinski definition) is 6. The van der Waals surface area contributed by atoms with Crippen molar-refractivity contribution in [2.75, 3.05) is 0 Å². The molecule has 1 N–H and O–H groups in total. The first-order valence-electron chi connectivity index (χ1n) is 8.64. The molecule has 0 bridgehead atoms. The molecule has 1 aliphatic carbocycles. The Morgan fingerprint density at radius 2 is 2.08 bits per heavy atom. The molecule has 26 heavy (non-hydrogen) atoms. The molecule has 8 nitrogen and oxygen atoms in total. The highest BCUT2D eigenvalue weighted by molar-refractivity contribution is 5.80. The molecule has 3 aromatic rings. The lowest BCUT2D eigenvalue weighted by molar-refractivity contribution is -0.123. The maximum atomic E-state index is 12.8. The van der Waals surface area contributed by atoms with Crippen LogP contribution in [0.25, 0.3) is 11.0 Å². The Labute approximate surface area is 149 Å². The van der Waals surface area contributed by atoms with E-state index in [0.717, 1.165) is 25.7 Å². The van der Waals surface area contributed by atoms with Crippen LogP contribution in [0.1, 0.15) is 37.4 Å². The summed E-state index contributed by atoms with van der Waals surface area (Å²) in [5.41, 5.74) is 0.367. The van der Waals surface area contributed by atoms with Gasteiger partial charge in [-0.3, -0.25) is 14.2 Å². The number of benzene rings is 1. The Bertz CT molecular complexity index is 1020. The van der Waals surface area contributed by atoms with Crippen LogP contribution in [0.2, 0.25) is 0 Å². The standard InChI is InChI=1S/C18H19N5O3/c1-12-20-17(22-26-12)18(8-4-5-9-18)21-15(24)11-23-14-7-3-2-6-13(14)19-10-16(23)25/h2-3,6-7,10H,4-5,8-9,11H2,1H3,(H,21,24). The molecule has 2 aromatic heterocycles. The number of amides is 1. The van der Waals surface area contributed by atoms with Gasteiger partial charge in [0.1, 0.15) is 12.1 Å². The van der Waals surface area contributed by atoms with Crippen LogP contribution < -0.4 is 10.9 Å². The molecular formula is C18H19N5O3. The molecular weight excluding hydrogens is 334 g/mol. The van der Waals surface area contributed by atoms with Crippen LogP contribution in [0.3, 0.4) is 0 Å². The maximum absolute atomic E-state index is 12.8. The summed E-state index contributed by atoms with van der Waals surface area (Å²) in [5, 5.41) is 7.08. The lowest BCUT2D eigenvalue weighted by Crippen LogP contribution is -2.46. The monoisotopic (exact) mass is 353 g/mol. The van der Waals surface area contributed by atoms with Gasteiger partial charge in [-0.1, -0.05) is 30.1 Å². The second kappa shape index (κ2) is 6.36. The maximum Gasteiger partial charge on any atom is 0.269 e. The fourth-order valence-electron chi connectivity index (χ4n) is 3.60. The summed E-state index contributed by atoms with van der Waals surface area (Å²) in [5.74, 6) is 0.720. The number of fused-ring (bicyclic) bond motifs is 1. The van der Waals surface area contributed by atoms with E-state index in [2.05, 4.69) is 20.4 Å². The van der Waals surface area contributed by atoms with Crippen LogP contribution >= 0.6 is 0 Å². The molecule has 1 saturated carbocycles. The van der Waals surface area contributed by atoms with E-state index in [1.165, 1.54) is 10.8 Å². The molecule has 1 aliphatic rings. The van der Waals surface area contributed by atoms with Crippen molar-refractivity contribution in [3.8, 4) is 0 Å². The molecule has 0 spiro atoms. The molecule has 0 saturated heterocycles.